The number of hydrogen-bond acceptors (Lipinski definition) is 2. The van der Waals surface area contributed by atoms with Crippen molar-refractivity contribution in [3.05, 3.63) is 0 Å². The Morgan fingerprint density at radius 1 is 1.21 bits per heavy atom. The van der Waals surface area contributed by atoms with Crippen LogP contribution in [0.2, 0.25) is 0 Å². The summed E-state index contributed by atoms with van der Waals surface area (Å²) in [5, 5.41) is 3.26. The maximum Gasteiger partial charge on any atom is 0.226 e. The Kier molecular flexibility index (Phi) is 8.67. The third-order valence-electron chi connectivity index (χ3n) is 4.14. The van der Waals surface area contributed by atoms with Crippen LogP contribution in [0.15, 0.2) is 0 Å². The molecule has 1 amide bonds. The van der Waals surface area contributed by atoms with Gasteiger partial charge in [0.25, 0.3) is 0 Å². The zero-order valence-electron chi connectivity index (χ0n) is 13.1. The van der Waals surface area contributed by atoms with E-state index in [1.807, 2.05) is 0 Å². The molecule has 1 saturated heterocycles. The van der Waals surface area contributed by atoms with E-state index in [1.54, 1.807) is 0 Å². The van der Waals surface area contributed by atoms with Crippen molar-refractivity contribution < 1.29 is 4.79 Å². The van der Waals surface area contributed by atoms with Crippen LogP contribution >= 0.6 is 12.4 Å². The van der Waals surface area contributed by atoms with E-state index in [2.05, 4.69) is 44.8 Å². The van der Waals surface area contributed by atoms with Crippen LogP contribution in [0.4, 0.5) is 0 Å². The lowest BCUT2D eigenvalue weighted by molar-refractivity contribution is -0.140. The van der Waals surface area contributed by atoms with E-state index in [9.17, 15) is 4.79 Å². The van der Waals surface area contributed by atoms with Crippen molar-refractivity contribution in [2.45, 2.75) is 53.5 Å². The summed E-state index contributed by atoms with van der Waals surface area (Å²) >= 11 is 0. The van der Waals surface area contributed by atoms with Crippen molar-refractivity contribution in [2.24, 2.45) is 17.8 Å². The summed E-state index contributed by atoms with van der Waals surface area (Å²) in [6.07, 6.45) is 2.12. The molecule has 0 aromatic carbocycles. The summed E-state index contributed by atoms with van der Waals surface area (Å²) in [6.45, 7) is 13.8. The molecule has 1 atom stereocenters. The van der Waals surface area contributed by atoms with Gasteiger partial charge in [0.15, 0.2) is 0 Å². The maximum atomic E-state index is 12.7. The minimum atomic E-state index is 0. The van der Waals surface area contributed by atoms with Crippen LogP contribution in [0.25, 0.3) is 0 Å². The van der Waals surface area contributed by atoms with Gasteiger partial charge >= 0.3 is 0 Å². The van der Waals surface area contributed by atoms with Gasteiger partial charge in [0.05, 0.1) is 0 Å². The molecular weight excluding hydrogens is 260 g/mol. The number of amides is 1. The van der Waals surface area contributed by atoms with Gasteiger partial charge in [-0.05, 0) is 37.8 Å². The highest BCUT2D eigenvalue weighted by Crippen LogP contribution is 2.22. The molecule has 1 heterocycles. The third kappa shape index (κ3) is 4.96. The first-order chi connectivity index (χ1) is 8.51. The van der Waals surface area contributed by atoms with Crippen LogP contribution in [0.5, 0.6) is 0 Å². The quantitative estimate of drug-likeness (QED) is 0.782. The van der Waals surface area contributed by atoms with E-state index in [1.165, 1.54) is 0 Å². The van der Waals surface area contributed by atoms with Gasteiger partial charge in [-0.25, -0.2) is 0 Å². The molecule has 1 aliphatic rings. The zero-order chi connectivity index (χ0) is 13.7. The highest BCUT2D eigenvalue weighted by atomic mass is 35.5. The van der Waals surface area contributed by atoms with Crippen molar-refractivity contribution in [3.8, 4) is 0 Å². The lowest BCUT2D eigenvalue weighted by Crippen LogP contribution is -2.52. The largest absolute Gasteiger partial charge is 0.339 e. The highest BCUT2D eigenvalue weighted by molar-refractivity contribution is 5.85. The van der Waals surface area contributed by atoms with Crippen molar-refractivity contribution in [1.82, 2.24) is 10.2 Å². The molecule has 0 aromatic heterocycles. The van der Waals surface area contributed by atoms with Crippen LogP contribution in [0.1, 0.15) is 47.5 Å². The Bertz CT molecular complexity index is 263. The molecule has 114 valence electrons. The lowest BCUT2D eigenvalue weighted by atomic mass is 9.87. The Balaban J connectivity index is 0.00000324. The maximum absolute atomic E-state index is 12.7. The Hall–Kier alpha value is -0.280. The van der Waals surface area contributed by atoms with Crippen molar-refractivity contribution in [1.29, 1.82) is 0 Å². The molecule has 3 nitrogen and oxygen atoms in total. The first-order valence-electron chi connectivity index (χ1n) is 7.52. The molecule has 1 unspecified atom stereocenters. The molecule has 19 heavy (non-hydrogen) atoms. The Morgan fingerprint density at radius 2 is 1.74 bits per heavy atom. The smallest absolute Gasteiger partial charge is 0.226 e. The second-order valence-electron chi connectivity index (χ2n) is 6.06. The summed E-state index contributed by atoms with van der Waals surface area (Å²) in [4.78, 5) is 14.8. The Morgan fingerprint density at radius 3 is 2.05 bits per heavy atom. The molecule has 1 fully saturated rings. The second kappa shape index (κ2) is 8.80. The highest BCUT2D eigenvalue weighted by Gasteiger charge is 2.33. The minimum Gasteiger partial charge on any atom is -0.339 e. The molecular formula is C15H31ClN2O. The fourth-order valence-corrected chi connectivity index (χ4v) is 2.67. The number of nitrogens with one attached hydrogen (secondary N) is 1. The number of carbonyl (C=O) groups is 1. The predicted octanol–water partition coefficient (Wildman–Crippen LogP) is 2.94. The van der Waals surface area contributed by atoms with Gasteiger partial charge in [0.1, 0.15) is 0 Å². The SMILES string of the molecule is CCC(CC)N(CC(C)C)C(=O)C(C)C1CNC1.Cl. The number of carbonyl (C=O) groups excluding carboxylic acids is 1. The normalized spacial score (nSPS) is 17.0. The molecule has 0 radical (unpaired) electrons. The average Bonchev–Trinajstić information content (AvgIpc) is 2.25. The molecule has 4 heteroatoms. The monoisotopic (exact) mass is 290 g/mol. The summed E-state index contributed by atoms with van der Waals surface area (Å²) in [7, 11) is 0. The number of hydrogen-bond donors (Lipinski definition) is 1. The lowest BCUT2D eigenvalue weighted by Gasteiger charge is -2.38. The zero-order valence-corrected chi connectivity index (χ0v) is 13.9. The number of halogens is 1. The van der Waals surface area contributed by atoms with E-state index >= 15 is 0 Å². The third-order valence-corrected chi connectivity index (χ3v) is 4.14. The van der Waals surface area contributed by atoms with E-state index in [0.717, 1.165) is 32.5 Å². The van der Waals surface area contributed by atoms with Crippen molar-refractivity contribution >= 4 is 18.3 Å². The van der Waals surface area contributed by atoms with Gasteiger partial charge in [-0.3, -0.25) is 4.79 Å². The number of rotatable bonds is 7. The standard InChI is InChI=1S/C15H30N2O.ClH/c1-6-14(7-2)17(10-11(3)4)15(18)12(5)13-8-16-9-13;/h11-14,16H,6-10H2,1-5H3;1H. The van der Waals surface area contributed by atoms with Crippen molar-refractivity contribution in [3.63, 3.8) is 0 Å². The van der Waals surface area contributed by atoms with Gasteiger partial charge in [-0.2, -0.15) is 0 Å². The summed E-state index contributed by atoms with van der Waals surface area (Å²) < 4.78 is 0. The van der Waals surface area contributed by atoms with Gasteiger partial charge in [0.2, 0.25) is 5.91 Å². The van der Waals surface area contributed by atoms with Gasteiger partial charge in [0, 0.05) is 18.5 Å². The van der Waals surface area contributed by atoms with Crippen LogP contribution < -0.4 is 5.32 Å². The van der Waals surface area contributed by atoms with Gasteiger partial charge < -0.3 is 10.2 Å². The summed E-state index contributed by atoms with van der Waals surface area (Å²) in [6, 6.07) is 0.412. The first kappa shape index (κ1) is 18.7. The molecule has 0 aromatic rings. The van der Waals surface area contributed by atoms with E-state index < -0.39 is 0 Å². The van der Waals surface area contributed by atoms with Gasteiger partial charge in [-0.1, -0.05) is 34.6 Å². The molecule has 1 aliphatic heterocycles. The first-order valence-corrected chi connectivity index (χ1v) is 7.52. The van der Waals surface area contributed by atoms with Crippen molar-refractivity contribution in [2.75, 3.05) is 19.6 Å². The van der Waals surface area contributed by atoms with Gasteiger partial charge in [-0.15, -0.1) is 12.4 Å². The molecule has 0 bridgehead atoms. The second-order valence-corrected chi connectivity index (χ2v) is 6.06. The molecule has 0 spiro atoms. The van der Waals surface area contributed by atoms with Crippen LogP contribution in [0.3, 0.4) is 0 Å². The molecule has 0 aliphatic carbocycles. The molecule has 0 saturated carbocycles. The fourth-order valence-electron chi connectivity index (χ4n) is 2.67. The summed E-state index contributed by atoms with van der Waals surface area (Å²) in [5.74, 6) is 1.62. The molecule has 1 N–H and O–H groups in total. The van der Waals surface area contributed by atoms with Crippen LogP contribution in [-0.4, -0.2) is 36.5 Å². The van der Waals surface area contributed by atoms with E-state index in [4.69, 9.17) is 0 Å². The topological polar surface area (TPSA) is 32.3 Å². The number of nitrogens with zero attached hydrogens (tertiary/aromatic N) is 1. The summed E-state index contributed by atoms with van der Waals surface area (Å²) in [5.41, 5.74) is 0. The minimum absolute atomic E-state index is 0. The van der Waals surface area contributed by atoms with Crippen LogP contribution in [0, 0.1) is 17.8 Å². The predicted molar refractivity (Wildman–Crippen MR) is 83.7 cm³/mol. The fraction of sp³-hybridized carbons (Fsp3) is 0.933. The van der Waals surface area contributed by atoms with Crippen LogP contribution in [-0.2, 0) is 4.79 Å². The van der Waals surface area contributed by atoms with E-state index in [0.29, 0.717) is 23.8 Å². The Labute approximate surface area is 124 Å². The average molecular weight is 291 g/mol. The molecule has 1 rings (SSSR count). The van der Waals surface area contributed by atoms with E-state index in [-0.39, 0.29) is 18.3 Å².